The number of carbonyl (C=O) groups excluding carboxylic acids is 1. The number of benzene rings is 2. The van der Waals surface area contributed by atoms with E-state index in [1.807, 2.05) is 35.8 Å². The van der Waals surface area contributed by atoms with Crippen LogP contribution in [0.5, 0.6) is 0 Å². The van der Waals surface area contributed by atoms with E-state index < -0.39 is 15.9 Å². The first-order valence-electron chi connectivity index (χ1n) is 11.6. The predicted molar refractivity (Wildman–Crippen MR) is 134 cm³/mol. The van der Waals surface area contributed by atoms with Gasteiger partial charge in [-0.2, -0.15) is 9.30 Å². The first-order chi connectivity index (χ1) is 16.3. The molecule has 1 fully saturated rings. The fraction of sp³-hybridized carbons (Fsp3) is 0.440. The second-order valence-electron chi connectivity index (χ2n) is 8.91. The van der Waals surface area contributed by atoms with Crippen LogP contribution in [0.15, 0.2) is 58.4 Å². The average molecular weight is 502 g/mol. The third-order valence-corrected chi connectivity index (χ3v) is 8.93. The van der Waals surface area contributed by atoms with Crippen molar-refractivity contribution in [2.45, 2.75) is 38.6 Å². The molecule has 1 aliphatic heterocycles. The summed E-state index contributed by atoms with van der Waals surface area (Å²) in [7, 11) is -3.59. The van der Waals surface area contributed by atoms with Crippen LogP contribution in [-0.2, 0) is 21.3 Å². The molecule has 7 nitrogen and oxygen atoms in total. The van der Waals surface area contributed by atoms with Crippen LogP contribution >= 0.6 is 11.3 Å². The number of rotatable bonds is 7. The summed E-state index contributed by atoms with van der Waals surface area (Å²) < 4.78 is 36.3. The van der Waals surface area contributed by atoms with Crippen molar-refractivity contribution in [3.8, 4) is 0 Å². The van der Waals surface area contributed by atoms with Gasteiger partial charge in [-0.25, -0.2) is 8.42 Å². The summed E-state index contributed by atoms with van der Waals surface area (Å²) in [5, 5.41) is 0. The van der Waals surface area contributed by atoms with Crippen LogP contribution in [0.25, 0.3) is 10.2 Å². The Balaban J connectivity index is 1.60. The van der Waals surface area contributed by atoms with Crippen LogP contribution in [0.3, 0.4) is 0 Å². The Bertz CT molecular complexity index is 1320. The summed E-state index contributed by atoms with van der Waals surface area (Å²) >= 11 is 1.45. The van der Waals surface area contributed by atoms with Crippen molar-refractivity contribution >= 4 is 37.5 Å². The third-order valence-electron chi connectivity index (χ3n) is 6.02. The molecule has 0 N–H and O–H groups in total. The third kappa shape index (κ3) is 5.33. The maximum atomic E-state index is 13.1. The van der Waals surface area contributed by atoms with E-state index in [0.717, 1.165) is 16.6 Å². The smallest absolute Gasteiger partial charge is 0.279 e. The molecule has 3 aromatic rings. The van der Waals surface area contributed by atoms with E-state index in [0.29, 0.717) is 55.0 Å². The minimum atomic E-state index is -3.59. The van der Waals surface area contributed by atoms with Gasteiger partial charge in [0.25, 0.3) is 5.91 Å². The van der Waals surface area contributed by atoms with Crippen LogP contribution in [0, 0.1) is 11.8 Å². The molecule has 182 valence electrons. The molecule has 0 aliphatic carbocycles. The minimum absolute atomic E-state index is 0.207. The van der Waals surface area contributed by atoms with Gasteiger partial charge in [0.1, 0.15) is 0 Å². The van der Waals surface area contributed by atoms with Gasteiger partial charge in [-0.1, -0.05) is 37.3 Å². The van der Waals surface area contributed by atoms with Crippen molar-refractivity contribution in [1.29, 1.82) is 0 Å². The fourth-order valence-electron chi connectivity index (χ4n) is 4.49. The summed E-state index contributed by atoms with van der Waals surface area (Å²) in [5.41, 5.74) is 1.36. The SMILES string of the molecule is CCOCCn1c(=NC(=O)c2ccc(S(=O)(=O)N3CC(C)CC(C)C3)cc2)sc2ccccc21. The van der Waals surface area contributed by atoms with Crippen molar-refractivity contribution in [3.05, 3.63) is 58.9 Å². The second kappa shape index (κ2) is 10.5. The molecule has 2 aromatic carbocycles. The minimum Gasteiger partial charge on any atom is -0.380 e. The van der Waals surface area contributed by atoms with Gasteiger partial charge in [0, 0.05) is 31.8 Å². The number of nitrogens with zero attached hydrogens (tertiary/aromatic N) is 3. The fourth-order valence-corrected chi connectivity index (χ4v) is 7.23. The molecule has 2 heterocycles. The summed E-state index contributed by atoms with van der Waals surface area (Å²) in [6.45, 7) is 8.89. The number of piperidine rings is 1. The van der Waals surface area contributed by atoms with Crippen LogP contribution in [0.2, 0.25) is 0 Å². The molecule has 0 bridgehead atoms. The highest BCUT2D eigenvalue weighted by Crippen LogP contribution is 2.27. The van der Waals surface area contributed by atoms with Crippen molar-refractivity contribution in [2.75, 3.05) is 26.3 Å². The van der Waals surface area contributed by atoms with E-state index in [1.54, 1.807) is 16.4 Å². The van der Waals surface area contributed by atoms with Crippen molar-refractivity contribution in [3.63, 3.8) is 0 Å². The molecule has 1 amide bonds. The maximum Gasteiger partial charge on any atom is 0.279 e. The van der Waals surface area contributed by atoms with Gasteiger partial charge in [-0.3, -0.25) is 4.79 Å². The molecule has 2 atom stereocenters. The Labute approximate surface area is 204 Å². The van der Waals surface area contributed by atoms with Gasteiger partial charge in [-0.15, -0.1) is 0 Å². The number of hydrogen-bond acceptors (Lipinski definition) is 5. The molecule has 0 radical (unpaired) electrons. The Morgan fingerprint density at radius 3 is 2.44 bits per heavy atom. The Morgan fingerprint density at radius 1 is 1.09 bits per heavy atom. The van der Waals surface area contributed by atoms with E-state index in [-0.39, 0.29) is 4.90 Å². The summed E-state index contributed by atoms with van der Waals surface area (Å²) in [6.07, 6.45) is 1.03. The molecule has 0 spiro atoms. The monoisotopic (exact) mass is 501 g/mol. The van der Waals surface area contributed by atoms with E-state index >= 15 is 0 Å². The maximum absolute atomic E-state index is 13.1. The van der Waals surface area contributed by atoms with Gasteiger partial charge in [0.05, 0.1) is 21.7 Å². The number of amides is 1. The molecule has 0 saturated carbocycles. The van der Waals surface area contributed by atoms with Gasteiger partial charge in [0.2, 0.25) is 10.0 Å². The van der Waals surface area contributed by atoms with Crippen LogP contribution in [-0.4, -0.2) is 49.5 Å². The highest BCUT2D eigenvalue weighted by Gasteiger charge is 2.31. The zero-order valence-electron chi connectivity index (χ0n) is 19.8. The van der Waals surface area contributed by atoms with E-state index in [2.05, 4.69) is 18.8 Å². The largest absolute Gasteiger partial charge is 0.380 e. The van der Waals surface area contributed by atoms with Gasteiger partial charge in [-0.05, 0) is 61.6 Å². The topological polar surface area (TPSA) is 81.0 Å². The Morgan fingerprint density at radius 2 is 1.76 bits per heavy atom. The lowest BCUT2D eigenvalue weighted by Crippen LogP contribution is -2.42. The van der Waals surface area contributed by atoms with E-state index in [9.17, 15) is 13.2 Å². The molecule has 2 unspecified atom stereocenters. The highest BCUT2D eigenvalue weighted by atomic mass is 32.2. The van der Waals surface area contributed by atoms with E-state index in [1.165, 1.54) is 23.5 Å². The number of fused-ring (bicyclic) bond motifs is 1. The molecule has 34 heavy (non-hydrogen) atoms. The van der Waals surface area contributed by atoms with Crippen LogP contribution in [0.1, 0.15) is 37.6 Å². The van der Waals surface area contributed by atoms with Gasteiger partial charge in [0.15, 0.2) is 4.80 Å². The van der Waals surface area contributed by atoms with Crippen LogP contribution in [0.4, 0.5) is 0 Å². The molecular weight excluding hydrogens is 470 g/mol. The Kier molecular flexibility index (Phi) is 7.67. The zero-order valence-corrected chi connectivity index (χ0v) is 21.4. The number of thiazole rings is 1. The van der Waals surface area contributed by atoms with Crippen molar-refractivity contribution in [2.24, 2.45) is 16.8 Å². The number of hydrogen-bond donors (Lipinski definition) is 0. The second-order valence-corrected chi connectivity index (χ2v) is 11.9. The number of sulfonamides is 1. The lowest BCUT2D eigenvalue weighted by atomic mass is 9.94. The standard InChI is InChI=1S/C25H31N3O4S2/c1-4-32-14-13-28-22-7-5-6-8-23(22)33-25(28)26-24(29)20-9-11-21(12-10-20)34(30,31)27-16-18(2)15-19(3)17-27/h5-12,18-19H,4,13-17H2,1-3H3. The first kappa shape index (κ1) is 24.8. The highest BCUT2D eigenvalue weighted by molar-refractivity contribution is 7.89. The molecule has 1 saturated heterocycles. The van der Waals surface area contributed by atoms with Crippen molar-refractivity contribution < 1.29 is 17.9 Å². The quantitative estimate of drug-likeness (QED) is 0.456. The number of carbonyl (C=O) groups is 1. The summed E-state index contributed by atoms with van der Waals surface area (Å²) in [6, 6.07) is 14.0. The lowest BCUT2D eigenvalue weighted by molar-refractivity contribution is 0.0996. The molecule has 9 heteroatoms. The molecular formula is C25H31N3O4S2. The first-order valence-corrected chi connectivity index (χ1v) is 13.9. The van der Waals surface area contributed by atoms with Crippen LogP contribution < -0.4 is 4.80 Å². The lowest BCUT2D eigenvalue weighted by Gasteiger charge is -2.34. The normalized spacial score (nSPS) is 20.1. The zero-order chi connectivity index (χ0) is 24.3. The summed E-state index contributed by atoms with van der Waals surface area (Å²) in [4.78, 5) is 18.1. The van der Waals surface area contributed by atoms with Gasteiger partial charge >= 0.3 is 0 Å². The molecule has 1 aromatic heterocycles. The van der Waals surface area contributed by atoms with Gasteiger partial charge < -0.3 is 9.30 Å². The Hall–Kier alpha value is -2.33. The summed E-state index contributed by atoms with van der Waals surface area (Å²) in [5.74, 6) is 0.253. The van der Waals surface area contributed by atoms with Crippen molar-refractivity contribution in [1.82, 2.24) is 8.87 Å². The molecule has 4 rings (SSSR count). The van der Waals surface area contributed by atoms with E-state index in [4.69, 9.17) is 4.74 Å². The number of aromatic nitrogens is 1. The average Bonchev–Trinajstić information content (AvgIpc) is 3.15. The predicted octanol–water partition coefficient (Wildman–Crippen LogP) is 4.15. The number of ether oxygens (including phenoxy) is 1. The number of para-hydroxylation sites is 1. The molecule has 1 aliphatic rings.